The molecule has 228 valence electrons. The molecule has 43 heavy (non-hydrogen) atoms. The van der Waals surface area contributed by atoms with Gasteiger partial charge in [-0.1, -0.05) is 18.2 Å². The van der Waals surface area contributed by atoms with Crippen LogP contribution in [0.1, 0.15) is 25.7 Å². The maximum absolute atomic E-state index is 12.7. The smallest absolute Gasteiger partial charge is 0.497 e. The van der Waals surface area contributed by atoms with Crippen LogP contribution in [0.15, 0.2) is 77.7 Å². The first kappa shape index (κ1) is 30.4. The molecular weight excluding hydrogens is 583 g/mol. The maximum Gasteiger partial charge on any atom is 0.573 e. The van der Waals surface area contributed by atoms with Gasteiger partial charge in [0.25, 0.3) is 0 Å². The molecule has 0 bridgehead atoms. The standard InChI is InChI=1S/C30H32F3N5O4S/c1-41-24-6-4-5-22(17-24)36-28-26-7-2-3-8-27(26)37-29(38-28)34-18-20-9-11-21(12-10-20)19-35-43(39,40)25-15-13-23(14-16-25)42-30(31,32)33/h2-8,13-17,20-21,35H,9-12,18-19H2,1H3,(H2,34,36,37,38)/t20-,21-. The Morgan fingerprint density at radius 1 is 0.860 bits per heavy atom. The van der Waals surface area contributed by atoms with Crippen LogP contribution >= 0.6 is 0 Å². The fraction of sp³-hybridized carbons (Fsp3) is 0.333. The number of nitrogens with one attached hydrogen (secondary N) is 3. The first-order valence-corrected chi connectivity index (χ1v) is 15.3. The number of methoxy groups -OCH3 is 1. The predicted octanol–water partition coefficient (Wildman–Crippen LogP) is 6.48. The van der Waals surface area contributed by atoms with Gasteiger partial charge in [0.1, 0.15) is 17.3 Å². The normalized spacial score (nSPS) is 17.4. The summed E-state index contributed by atoms with van der Waals surface area (Å²) in [6.45, 7) is 0.943. The van der Waals surface area contributed by atoms with Gasteiger partial charge in [-0.2, -0.15) is 4.98 Å². The number of alkyl halides is 3. The molecule has 0 saturated heterocycles. The highest BCUT2D eigenvalue weighted by atomic mass is 32.2. The Hall–Kier alpha value is -4.10. The predicted molar refractivity (Wildman–Crippen MR) is 158 cm³/mol. The SMILES string of the molecule is COc1cccc(Nc2nc(NC[C@H]3CC[C@H](CNS(=O)(=O)c4ccc(OC(F)(F)F)cc4)CC3)nc3ccccc23)c1. The van der Waals surface area contributed by atoms with E-state index in [0.29, 0.717) is 24.2 Å². The third kappa shape index (κ3) is 8.26. The van der Waals surface area contributed by atoms with Gasteiger partial charge >= 0.3 is 6.36 Å². The lowest BCUT2D eigenvalue weighted by Crippen LogP contribution is -2.32. The van der Waals surface area contributed by atoms with E-state index in [1.807, 2.05) is 48.5 Å². The zero-order chi connectivity index (χ0) is 30.5. The zero-order valence-electron chi connectivity index (χ0n) is 23.4. The van der Waals surface area contributed by atoms with E-state index in [4.69, 9.17) is 14.7 Å². The second-order valence-electron chi connectivity index (χ2n) is 10.4. The van der Waals surface area contributed by atoms with Gasteiger partial charge in [0.2, 0.25) is 16.0 Å². The van der Waals surface area contributed by atoms with Gasteiger partial charge in [-0.3, -0.25) is 0 Å². The minimum absolute atomic E-state index is 0.115. The number of nitrogens with zero attached hydrogens (tertiary/aromatic N) is 2. The highest BCUT2D eigenvalue weighted by molar-refractivity contribution is 7.89. The van der Waals surface area contributed by atoms with E-state index in [9.17, 15) is 21.6 Å². The van der Waals surface area contributed by atoms with Crippen molar-refractivity contribution in [1.82, 2.24) is 14.7 Å². The Kier molecular flexibility index (Phi) is 9.21. The highest BCUT2D eigenvalue weighted by Gasteiger charge is 2.31. The fourth-order valence-electron chi connectivity index (χ4n) is 5.10. The molecule has 13 heteroatoms. The fourth-order valence-corrected chi connectivity index (χ4v) is 6.21. The molecule has 1 fully saturated rings. The van der Waals surface area contributed by atoms with Crippen molar-refractivity contribution >= 4 is 38.4 Å². The van der Waals surface area contributed by atoms with E-state index in [2.05, 4.69) is 20.1 Å². The number of benzene rings is 3. The quantitative estimate of drug-likeness (QED) is 0.176. The lowest BCUT2D eigenvalue weighted by Gasteiger charge is -2.28. The molecule has 0 spiro atoms. The van der Waals surface area contributed by atoms with E-state index in [1.165, 1.54) is 0 Å². The summed E-state index contributed by atoms with van der Waals surface area (Å²) in [6, 6.07) is 19.5. The first-order valence-electron chi connectivity index (χ1n) is 13.9. The summed E-state index contributed by atoms with van der Waals surface area (Å²) in [7, 11) is -2.24. The number of sulfonamides is 1. The van der Waals surface area contributed by atoms with Crippen LogP contribution in [0.5, 0.6) is 11.5 Å². The molecule has 5 rings (SSSR count). The van der Waals surface area contributed by atoms with E-state index >= 15 is 0 Å². The second-order valence-corrected chi connectivity index (χ2v) is 12.2. The van der Waals surface area contributed by atoms with E-state index < -0.39 is 22.1 Å². The third-order valence-electron chi connectivity index (χ3n) is 7.38. The van der Waals surface area contributed by atoms with Gasteiger partial charge in [0.05, 0.1) is 17.5 Å². The number of aromatic nitrogens is 2. The van der Waals surface area contributed by atoms with Gasteiger partial charge < -0.3 is 20.1 Å². The van der Waals surface area contributed by atoms with Crippen LogP contribution in [0.3, 0.4) is 0 Å². The van der Waals surface area contributed by atoms with Crippen LogP contribution in [0, 0.1) is 11.8 Å². The highest BCUT2D eigenvalue weighted by Crippen LogP contribution is 2.31. The average molecular weight is 616 g/mol. The summed E-state index contributed by atoms with van der Waals surface area (Å²) in [6.07, 6.45) is -1.34. The van der Waals surface area contributed by atoms with Crippen LogP contribution < -0.4 is 24.8 Å². The molecule has 9 nitrogen and oxygen atoms in total. The van der Waals surface area contributed by atoms with Crippen LogP contribution in [-0.4, -0.2) is 44.9 Å². The summed E-state index contributed by atoms with van der Waals surface area (Å²) in [5, 5.41) is 7.66. The first-order chi connectivity index (χ1) is 20.6. The number of anilines is 3. The average Bonchev–Trinajstić information content (AvgIpc) is 2.99. The molecule has 0 atom stereocenters. The largest absolute Gasteiger partial charge is 0.573 e. The number of halogens is 3. The number of ether oxygens (including phenoxy) is 2. The molecule has 0 unspecified atom stereocenters. The minimum Gasteiger partial charge on any atom is -0.497 e. The Balaban J connectivity index is 1.13. The summed E-state index contributed by atoms with van der Waals surface area (Å²) in [4.78, 5) is 9.32. The molecular formula is C30H32F3N5O4S. The lowest BCUT2D eigenvalue weighted by atomic mass is 9.82. The third-order valence-corrected chi connectivity index (χ3v) is 8.82. The number of hydrogen-bond donors (Lipinski definition) is 3. The molecule has 0 aliphatic heterocycles. The number of rotatable bonds is 11. The minimum atomic E-state index is -4.84. The molecule has 3 aromatic carbocycles. The maximum atomic E-state index is 12.7. The number of hydrogen-bond acceptors (Lipinski definition) is 8. The van der Waals surface area contributed by atoms with Crippen molar-refractivity contribution in [2.24, 2.45) is 11.8 Å². The van der Waals surface area contributed by atoms with Crippen molar-refractivity contribution in [3.8, 4) is 11.5 Å². The lowest BCUT2D eigenvalue weighted by molar-refractivity contribution is -0.274. The van der Waals surface area contributed by atoms with E-state index in [1.54, 1.807) is 7.11 Å². The summed E-state index contributed by atoms with van der Waals surface area (Å²) in [5.74, 6) is 1.99. The second kappa shape index (κ2) is 13.0. The Labute approximate surface area is 247 Å². The number of fused-ring (bicyclic) bond motifs is 1. The molecule has 1 heterocycles. The van der Waals surface area contributed by atoms with Crippen molar-refractivity contribution in [2.75, 3.05) is 30.8 Å². The molecule has 3 N–H and O–H groups in total. The van der Waals surface area contributed by atoms with Crippen LogP contribution in [0.2, 0.25) is 0 Å². The van der Waals surface area contributed by atoms with Crippen LogP contribution in [0.4, 0.5) is 30.6 Å². The van der Waals surface area contributed by atoms with Gasteiger partial charge in [0, 0.05) is 30.2 Å². The van der Waals surface area contributed by atoms with Gasteiger partial charge in [-0.15, -0.1) is 13.2 Å². The van der Waals surface area contributed by atoms with Gasteiger partial charge in [0.15, 0.2) is 0 Å². The summed E-state index contributed by atoms with van der Waals surface area (Å²) >= 11 is 0. The molecule has 1 aliphatic carbocycles. The van der Waals surface area contributed by atoms with E-state index in [0.717, 1.165) is 72.3 Å². The van der Waals surface area contributed by atoms with Crippen LogP contribution in [0.25, 0.3) is 10.9 Å². The molecule has 1 aliphatic rings. The zero-order valence-corrected chi connectivity index (χ0v) is 24.2. The van der Waals surface area contributed by atoms with E-state index in [-0.39, 0.29) is 17.4 Å². The van der Waals surface area contributed by atoms with Crippen LogP contribution in [-0.2, 0) is 10.0 Å². The van der Waals surface area contributed by atoms with Crippen molar-refractivity contribution in [3.63, 3.8) is 0 Å². The monoisotopic (exact) mass is 615 g/mol. The molecule has 0 radical (unpaired) electrons. The summed E-state index contributed by atoms with van der Waals surface area (Å²) < 4.78 is 74.1. The molecule has 0 amide bonds. The molecule has 4 aromatic rings. The van der Waals surface area contributed by atoms with Gasteiger partial charge in [-0.25, -0.2) is 18.1 Å². The Bertz CT molecular complexity index is 1640. The van der Waals surface area contributed by atoms with Gasteiger partial charge in [-0.05, 0) is 86.1 Å². The number of para-hydroxylation sites is 1. The molecule has 1 saturated carbocycles. The Morgan fingerprint density at radius 2 is 1.56 bits per heavy atom. The molecule has 1 aromatic heterocycles. The topological polar surface area (TPSA) is 114 Å². The van der Waals surface area contributed by atoms with Crippen molar-refractivity contribution in [1.29, 1.82) is 0 Å². The van der Waals surface area contributed by atoms with Crippen molar-refractivity contribution in [3.05, 3.63) is 72.8 Å². The van der Waals surface area contributed by atoms with Crippen molar-refractivity contribution in [2.45, 2.75) is 36.9 Å². The summed E-state index contributed by atoms with van der Waals surface area (Å²) in [5.41, 5.74) is 1.65. The van der Waals surface area contributed by atoms with Crippen molar-refractivity contribution < 1.29 is 31.1 Å². The Morgan fingerprint density at radius 3 is 2.26 bits per heavy atom.